The smallest absolute Gasteiger partial charge is 0.234 e. The highest BCUT2D eigenvalue weighted by atomic mass is 16.5. The fourth-order valence-corrected chi connectivity index (χ4v) is 4.51. The molecule has 7 heteroatoms. The summed E-state index contributed by atoms with van der Waals surface area (Å²) in [4.78, 5) is 26.3. The molecular weight excluding hydrogens is 396 g/mol. The van der Waals surface area contributed by atoms with Gasteiger partial charge in [-0.25, -0.2) is 0 Å². The molecule has 1 atom stereocenters. The van der Waals surface area contributed by atoms with Gasteiger partial charge in [-0.3, -0.25) is 19.8 Å². The van der Waals surface area contributed by atoms with Crippen LogP contribution in [0.3, 0.4) is 0 Å². The summed E-state index contributed by atoms with van der Waals surface area (Å²) in [5, 5.41) is 5.43. The molecule has 1 unspecified atom stereocenters. The van der Waals surface area contributed by atoms with Crippen molar-refractivity contribution in [2.75, 3.05) is 39.5 Å². The van der Waals surface area contributed by atoms with E-state index < -0.39 is 0 Å². The van der Waals surface area contributed by atoms with Crippen LogP contribution in [-0.4, -0.2) is 56.2 Å². The zero-order valence-corrected chi connectivity index (χ0v) is 17.4. The fraction of sp³-hybridized carbons (Fsp3) is 0.417. The van der Waals surface area contributed by atoms with Crippen molar-refractivity contribution in [2.45, 2.75) is 25.2 Å². The van der Waals surface area contributed by atoms with Crippen molar-refractivity contribution in [3.05, 3.63) is 42.2 Å². The molecule has 0 saturated carbocycles. The maximum absolute atomic E-state index is 12.4. The third-order valence-electron chi connectivity index (χ3n) is 6.16. The first-order valence-electron chi connectivity index (χ1n) is 10.9. The van der Waals surface area contributed by atoms with Crippen molar-refractivity contribution < 1.29 is 23.5 Å². The third-order valence-corrected chi connectivity index (χ3v) is 6.16. The Hall–Kier alpha value is -2.90. The van der Waals surface area contributed by atoms with Gasteiger partial charge in [0.2, 0.25) is 11.8 Å². The Bertz CT molecular complexity index is 1120. The molecular formula is C24H26N2O5. The number of ether oxygens (including phenoxy) is 2. The van der Waals surface area contributed by atoms with Gasteiger partial charge in [0.05, 0.1) is 32.0 Å². The SMILES string of the molecule is O=C1CCC(c2coc3ccc4cc(OCCCN5CCOCC5)ccc4c23)C(=O)N1. The van der Waals surface area contributed by atoms with E-state index in [1.165, 1.54) is 0 Å². The summed E-state index contributed by atoms with van der Waals surface area (Å²) < 4.78 is 17.1. The van der Waals surface area contributed by atoms with Crippen LogP contribution >= 0.6 is 0 Å². The maximum Gasteiger partial charge on any atom is 0.234 e. The first kappa shape index (κ1) is 20.0. The van der Waals surface area contributed by atoms with E-state index in [9.17, 15) is 9.59 Å². The number of hydrogen-bond donors (Lipinski definition) is 1. The fourth-order valence-electron chi connectivity index (χ4n) is 4.51. The molecule has 162 valence electrons. The van der Waals surface area contributed by atoms with Gasteiger partial charge in [-0.15, -0.1) is 0 Å². The Morgan fingerprint density at radius 1 is 1.13 bits per heavy atom. The van der Waals surface area contributed by atoms with Gasteiger partial charge in [-0.2, -0.15) is 0 Å². The monoisotopic (exact) mass is 422 g/mol. The largest absolute Gasteiger partial charge is 0.494 e. The molecule has 0 radical (unpaired) electrons. The second-order valence-corrected chi connectivity index (χ2v) is 8.17. The number of fused-ring (bicyclic) bond motifs is 3. The van der Waals surface area contributed by atoms with Crippen LogP contribution in [0.15, 0.2) is 41.0 Å². The molecule has 2 fully saturated rings. The van der Waals surface area contributed by atoms with E-state index >= 15 is 0 Å². The number of piperidine rings is 1. The van der Waals surface area contributed by atoms with E-state index in [0.717, 1.165) is 72.3 Å². The summed E-state index contributed by atoms with van der Waals surface area (Å²) in [6.07, 6.45) is 3.47. The van der Waals surface area contributed by atoms with Gasteiger partial charge in [0, 0.05) is 37.0 Å². The molecule has 3 aromatic rings. The molecule has 0 spiro atoms. The average Bonchev–Trinajstić information content (AvgIpc) is 3.21. The minimum atomic E-state index is -0.374. The molecule has 0 bridgehead atoms. The number of nitrogens with zero attached hydrogens (tertiary/aromatic N) is 1. The second-order valence-electron chi connectivity index (χ2n) is 8.17. The number of amides is 2. The number of morpholine rings is 1. The lowest BCUT2D eigenvalue weighted by Crippen LogP contribution is -2.39. The van der Waals surface area contributed by atoms with Gasteiger partial charge in [0.15, 0.2) is 0 Å². The normalized spacial score (nSPS) is 20.3. The van der Waals surface area contributed by atoms with Crippen LogP contribution in [0.1, 0.15) is 30.7 Å². The zero-order valence-electron chi connectivity index (χ0n) is 17.4. The van der Waals surface area contributed by atoms with Crippen molar-refractivity contribution >= 4 is 33.6 Å². The number of hydrogen-bond acceptors (Lipinski definition) is 6. The highest BCUT2D eigenvalue weighted by molar-refractivity contribution is 6.10. The van der Waals surface area contributed by atoms with Crippen molar-refractivity contribution in [3.8, 4) is 5.75 Å². The standard InChI is InChI=1S/C24H26N2O5/c27-22-7-5-19(24(28)25-22)20-15-31-21-6-2-16-14-17(3-4-18(16)23(20)21)30-11-1-8-26-9-12-29-13-10-26/h2-4,6,14-15,19H,1,5,7-13H2,(H,25,27,28). The molecule has 2 aromatic carbocycles. The average molecular weight is 422 g/mol. The van der Waals surface area contributed by atoms with E-state index in [1.54, 1.807) is 6.26 Å². The van der Waals surface area contributed by atoms with Crippen LogP contribution in [0, 0.1) is 0 Å². The molecule has 0 aliphatic carbocycles. The van der Waals surface area contributed by atoms with Gasteiger partial charge in [0.1, 0.15) is 11.3 Å². The number of benzene rings is 2. The predicted molar refractivity (Wildman–Crippen MR) is 116 cm³/mol. The van der Waals surface area contributed by atoms with Crippen LogP contribution in [-0.2, 0) is 14.3 Å². The Morgan fingerprint density at radius 3 is 2.84 bits per heavy atom. The summed E-state index contributed by atoms with van der Waals surface area (Å²) in [5.74, 6) is -0.00830. The van der Waals surface area contributed by atoms with Crippen molar-refractivity contribution in [3.63, 3.8) is 0 Å². The van der Waals surface area contributed by atoms with Gasteiger partial charge < -0.3 is 13.9 Å². The molecule has 2 aliphatic rings. The lowest BCUT2D eigenvalue weighted by Gasteiger charge is -2.26. The number of rotatable bonds is 6. The third kappa shape index (κ3) is 4.16. The molecule has 1 aromatic heterocycles. The molecule has 7 nitrogen and oxygen atoms in total. The quantitative estimate of drug-likeness (QED) is 0.485. The molecule has 1 N–H and O–H groups in total. The number of nitrogens with one attached hydrogen (secondary N) is 1. The van der Waals surface area contributed by atoms with Crippen LogP contribution in [0.2, 0.25) is 0 Å². The van der Waals surface area contributed by atoms with Crippen LogP contribution in [0.5, 0.6) is 5.75 Å². The summed E-state index contributed by atoms with van der Waals surface area (Å²) in [5.41, 5.74) is 1.58. The predicted octanol–water partition coefficient (Wildman–Crippen LogP) is 3.21. The molecule has 3 heterocycles. The summed E-state index contributed by atoms with van der Waals surface area (Å²) in [7, 11) is 0. The van der Waals surface area contributed by atoms with Gasteiger partial charge in [0.25, 0.3) is 0 Å². The lowest BCUT2D eigenvalue weighted by molar-refractivity contribution is -0.134. The number of carbonyl (C=O) groups is 2. The summed E-state index contributed by atoms with van der Waals surface area (Å²) in [6, 6.07) is 9.97. The Kier molecular flexibility index (Phi) is 5.61. The highest BCUT2D eigenvalue weighted by Crippen LogP contribution is 2.37. The second kappa shape index (κ2) is 8.69. The number of carbonyl (C=O) groups excluding carboxylic acids is 2. The topological polar surface area (TPSA) is 81.0 Å². The molecule has 31 heavy (non-hydrogen) atoms. The molecule has 2 saturated heterocycles. The molecule has 2 amide bonds. The summed E-state index contributed by atoms with van der Waals surface area (Å²) >= 11 is 0. The van der Waals surface area contributed by atoms with Crippen LogP contribution < -0.4 is 10.1 Å². The number of furan rings is 1. The molecule has 2 aliphatic heterocycles. The van der Waals surface area contributed by atoms with Crippen molar-refractivity contribution in [2.24, 2.45) is 0 Å². The lowest BCUT2D eigenvalue weighted by atomic mass is 9.89. The van der Waals surface area contributed by atoms with E-state index in [0.29, 0.717) is 19.4 Å². The van der Waals surface area contributed by atoms with Crippen LogP contribution in [0.4, 0.5) is 0 Å². The number of imide groups is 1. The highest BCUT2D eigenvalue weighted by Gasteiger charge is 2.31. The first-order valence-corrected chi connectivity index (χ1v) is 10.9. The van der Waals surface area contributed by atoms with Gasteiger partial charge in [-0.1, -0.05) is 6.07 Å². The Morgan fingerprint density at radius 2 is 2.00 bits per heavy atom. The minimum Gasteiger partial charge on any atom is -0.494 e. The van der Waals surface area contributed by atoms with Gasteiger partial charge >= 0.3 is 0 Å². The Labute approximate surface area is 180 Å². The van der Waals surface area contributed by atoms with Crippen molar-refractivity contribution in [1.82, 2.24) is 10.2 Å². The van der Waals surface area contributed by atoms with Crippen molar-refractivity contribution in [1.29, 1.82) is 0 Å². The first-order chi connectivity index (χ1) is 15.2. The maximum atomic E-state index is 12.4. The van der Waals surface area contributed by atoms with E-state index in [1.807, 2.05) is 30.3 Å². The van der Waals surface area contributed by atoms with E-state index in [2.05, 4.69) is 10.2 Å². The zero-order chi connectivity index (χ0) is 21.2. The van der Waals surface area contributed by atoms with Crippen LogP contribution in [0.25, 0.3) is 21.7 Å². The Balaban J connectivity index is 1.33. The van der Waals surface area contributed by atoms with E-state index in [-0.39, 0.29) is 17.7 Å². The van der Waals surface area contributed by atoms with Gasteiger partial charge in [-0.05, 0) is 47.9 Å². The molecule has 5 rings (SSSR count). The summed E-state index contributed by atoms with van der Waals surface area (Å²) in [6.45, 7) is 5.29. The minimum absolute atomic E-state index is 0.214. The van der Waals surface area contributed by atoms with E-state index in [4.69, 9.17) is 13.9 Å².